The summed E-state index contributed by atoms with van der Waals surface area (Å²) in [5.41, 5.74) is 16.0. The Labute approximate surface area is 174 Å². The molecule has 3 rings (SSSR count). The summed E-state index contributed by atoms with van der Waals surface area (Å²) < 4.78 is 17.8. The maximum Gasteiger partial charge on any atom is 0.411 e. The third-order valence-electron chi connectivity index (χ3n) is 4.53. The predicted molar refractivity (Wildman–Crippen MR) is 112 cm³/mol. The van der Waals surface area contributed by atoms with Gasteiger partial charge in [0.1, 0.15) is 0 Å². The number of carbonyl (C=O) groups excluding carboxylic acids is 1. The van der Waals surface area contributed by atoms with Crippen LogP contribution in [0, 0.1) is 6.92 Å². The molecule has 1 amide bonds. The quantitative estimate of drug-likeness (QED) is 0.431. The molecule has 9 nitrogen and oxygen atoms in total. The van der Waals surface area contributed by atoms with Crippen molar-refractivity contribution in [3.8, 4) is 22.9 Å². The number of ether oxygens (including phenoxy) is 3. The molecule has 1 aromatic carbocycles. The van der Waals surface area contributed by atoms with Crippen LogP contribution in [0.15, 0.2) is 36.5 Å². The van der Waals surface area contributed by atoms with Gasteiger partial charge in [0.2, 0.25) is 5.88 Å². The summed E-state index contributed by atoms with van der Waals surface area (Å²) in [6, 6.07) is 9.18. The zero-order chi connectivity index (χ0) is 21.7. The molecule has 0 aliphatic rings. The fourth-order valence-electron chi connectivity index (χ4n) is 3.05. The van der Waals surface area contributed by atoms with Crippen LogP contribution >= 0.6 is 0 Å². The van der Waals surface area contributed by atoms with Crippen LogP contribution in [0.2, 0.25) is 0 Å². The second kappa shape index (κ2) is 9.27. The molecule has 0 spiro atoms. The number of aryl methyl sites for hydroxylation is 2. The second-order valence-electron chi connectivity index (χ2n) is 6.78. The third-order valence-corrected chi connectivity index (χ3v) is 4.53. The number of hydrogen-bond acceptors (Lipinski definition) is 7. The van der Waals surface area contributed by atoms with E-state index in [2.05, 4.69) is 10.1 Å². The Morgan fingerprint density at radius 3 is 2.70 bits per heavy atom. The molecular formula is C21H25N5O4. The van der Waals surface area contributed by atoms with Crippen molar-refractivity contribution in [2.75, 3.05) is 19.5 Å². The van der Waals surface area contributed by atoms with Crippen molar-refractivity contribution in [2.45, 2.75) is 20.0 Å². The Balaban J connectivity index is 1.67. The highest BCUT2D eigenvalue weighted by Crippen LogP contribution is 2.35. The Morgan fingerprint density at radius 1 is 1.23 bits per heavy atom. The van der Waals surface area contributed by atoms with Gasteiger partial charge in [-0.05, 0) is 42.7 Å². The number of benzene rings is 1. The van der Waals surface area contributed by atoms with Crippen molar-refractivity contribution in [2.24, 2.45) is 12.8 Å². The number of aromatic nitrogens is 3. The molecule has 3 aromatic rings. The first-order chi connectivity index (χ1) is 14.4. The maximum atomic E-state index is 10.9. The number of anilines is 1. The molecule has 0 saturated carbocycles. The number of primary amides is 1. The third kappa shape index (κ3) is 5.06. The Hall–Kier alpha value is -3.59. The fraction of sp³-hybridized carbons (Fsp3) is 0.286. The first-order valence-electron chi connectivity index (χ1n) is 9.35. The van der Waals surface area contributed by atoms with Crippen LogP contribution in [0.3, 0.4) is 0 Å². The van der Waals surface area contributed by atoms with Gasteiger partial charge in [-0.25, -0.2) is 9.78 Å². The van der Waals surface area contributed by atoms with Gasteiger partial charge in [-0.2, -0.15) is 5.10 Å². The van der Waals surface area contributed by atoms with Gasteiger partial charge in [0.15, 0.2) is 5.75 Å². The molecule has 0 aliphatic carbocycles. The molecule has 0 atom stereocenters. The first-order valence-corrected chi connectivity index (χ1v) is 9.35. The van der Waals surface area contributed by atoms with Crippen LogP contribution in [-0.2, 0) is 24.8 Å². The van der Waals surface area contributed by atoms with Crippen molar-refractivity contribution in [3.05, 3.63) is 53.3 Å². The number of nitrogen functional groups attached to an aromatic ring is 1. The Kier molecular flexibility index (Phi) is 6.53. The van der Waals surface area contributed by atoms with Gasteiger partial charge >= 0.3 is 6.09 Å². The number of rotatable bonds is 8. The highest BCUT2D eigenvalue weighted by molar-refractivity contribution is 5.76. The summed E-state index contributed by atoms with van der Waals surface area (Å²) in [6.07, 6.45) is 1.61. The van der Waals surface area contributed by atoms with E-state index in [1.807, 2.05) is 38.4 Å². The maximum absolute atomic E-state index is 10.9. The topological polar surface area (TPSA) is 128 Å². The van der Waals surface area contributed by atoms with Crippen LogP contribution < -0.4 is 20.9 Å². The van der Waals surface area contributed by atoms with Crippen LogP contribution in [0.25, 0.3) is 11.3 Å². The minimum atomic E-state index is -0.904. The molecule has 0 radical (unpaired) electrons. The lowest BCUT2D eigenvalue weighted by molar-refractivity contribution is 0.120. The first kappa shape index (κ1) is 21.1. The lowest BCUT2D eigenvalue weighted by atomic mass is 10.0. The van der Waals surface area contributed by atoms with Gasteiger partial charge in [-0.1, -0.05) is 6.07 Å². The minimum absolute atomic E-state index is 0.148. The predicted octanol–water partition coefficient (Wildman–Crippen LogP) is 2.60. The van der Waals surface area contributed by atoms with Gasteiger partial charge in [0.25, 0.3) is 0 Å². The molecule has 2 heterocycles. The largest absolute Gasteiger partial charge is 0.494 e. The van der Waals surface area contributed by atoms with Crippen LogP contribution in [-0.4, -0.2) is 34.6 Å². The van der Waals surface area contributed by atoms with Gasteiger partial charge in [0.05, 0.1) is 37.4 Å². The molecular weight excluding hydrogens is 386 g/mol. The Bertz CT molecular complexity index is 1050. The van der Waals surface area contributed by atoms with E-state index >= 15 is 0 Å². The number of hydrogen-bond donors (Lipinski definition) is 2. The monoisotopic (exact) mass is 411 g/mol. The van der Waals surface area contributed by atoms with E-state index in [1.54, 1.807) is 23.9 Å². The molecule has 0 unspecified atom stereocenters. The number of nitrogens with zero attached hydrogens (tertiary/aromatic N) is 3. The SMILES string of the molecule is COc1c(N)cc(CCOCc2nc(OC(N)=O)ccc2C)cc1-c1ccn(C)n1. The molecule has 158 valence electrons. The Morgan fingerprint density at radius 2 is 2.03 bits per heavy atom. The lowest BCUT2D eigenvalue weighted by Gasteiger charge is -2.13. The number of carbonyl (C=O) groups is 1. The van der Waals surface area contributed by atoms with Crippen LogP contribution in [0.1, 0.15) is 16.8 Å². The summed E-state index contributed by atoms with van der Waals surface area (Å²) in [5.74, 6) is 0.749. The van der Waals surface area contributed by atoms with Gasteiger partial charge in [-0.15, -0.1) is 0 Å². The number of pyridine rings is 1. The molecule has 4 N–H and O–H groups in total. The molecule has 2 aromatic heterocycles. The summed E-state index contributed by atoms with van der Waals surface area (Å²) in [4.78, 5) is 15.1. The molecule has 30 heavy (non-hydrogen) atoms. The molecule has 0 saturated heterocycles. The minimum Gasteiger partial charge on any atom is -0.494 e. The zero-order valence-electron chi connectivity index (χ0n) is 17.2. The van der Waals surface area contributed by atoms with E-state index in [0.717, 1.165) is 22.4 Å². The van der Waals surface area contributed by atoms with Crippen molar-refractivity contribution in [1.82, 2.24) is 14.8 Å². The average Bonchev–Trinajstić information content (AvgIpc) is 3.13. The van der Waals surface area contributed by atoms with Crippen molar-refractivity contribution in [3.63, 3.8) is 0 Å². The number of nitrogens with two attached hydrogens (primary N) is 2. The molecule has 0 fully saturated rings. The van der Waals surface area contributed by atoms with Gasteiger partial charge in [0, 0.05) is 24.9 Å². The standard InChI is InChI=1S/C21H25N5O4/c1-13-4-5-19(30-21(23)27)24-18(13)12-29-9-7-14-10-15(17-6-8-26(2)25-17)20(28-3)16(22)11-14/h4-6,8,10-11H,7,9,12,22H2,1-3H3,(H2,23,27). The number of amides is 1. The smallest absolute Gasteiger partial charge is 0.411 e. The van der Waals surface area contributed by atoms with Crippen molar-refractivity contribution < 1.29 is 19.0 Å². The molecule has 0 bridgehead atoms. The summed E-state index contributed by atoms with van der Waals surface area (Å²) in [6.45, 7) is 2.64. The molecule has 9 heteroatoms. The second-order valence-corrected chi connectivity index (χ2v) is 6.78. The van der Waals surface area contributed by atoms with E-state index < -0.39 is 6.09 Å². The van der Waals surface area contributed by atoms with Crippen molar-refractivity contribution >= 4 is 11.8 Å². The van der Waals surface area contributed by atoms with E-state index in [1.165, 1.54) is 0 Å². The summed E-state index contributed by atoms with van der Waals surface area (Å²) in [7, 11) is 3.45. The highest BCUT2D eigenvalue weighted by Gasteiger charge is 2.14. The van der Waals surface area contributed by atoms with E-state index in [4.69, 9.17) is 25.7 Å². The molecule has 0 aliphatic heterocycles. The van der Waals surface area contributed by atoms with E-state index in [0.29, 0.717) is 30.2 Å². The highest BCUT2D eigenvalue weighted by atomic mass is 16.6. The number of methoxy groups -OCH3 is 1. The average molecular weight is 411 g/mol. The van der Waals surface area contributed by atoms with Crippen molar-refractivity contribution in [1.29, 1.82) is 0 Å². The van der Waals surface area contributed by atoms with Crippen LogP contribution in [0.4, 0.5) is 10.5 Å². The summed E-state index contributed by atoms with van der Waals surface area (Å²) >= 11 is 0. The van der Waals surface area contributed by atoms with Gasteiger partial charge in [-0.3, -0.25) is 4.68 Å². The summed E-state index contributed by atoms with van der Waals surface area (Å²) in [5, 5.41) is 4.44. The van der Waals surface area contributed by atoms with E-state index in [-0.39, 0.29) is 12.5 Å². The normalized spacial score (nSPS) is 10.8. The van der Waals surface area contributed by atoms with Crippen LogP contribution in [0.5, 0.6) is 11.6 Å². The fourth-order valence-corrected chi connectivity index (χ4v) is 3.05. The lowest BCUT2D eigenvalue weighted by Crippen LogP contribution is -2.17. The van der Waals surface area contributed by atoms with E-state index in [9.17, 15) is 4.79 Å². The van der Waals surface area contributed by atoms with Gasteiger partial charge < -0.3 is 25.7 Å². The zero-order valence-corrected chi connectivity index (χ0v) is 17.2.